The largest absolute Gasteiger partial charge is 0.479 e. The smallest absolute Gasteiger partial charge is 0.408 e. The van der Waals surface area contributed by atoms with E-state index >= 15 is 0 Å². The van der Waals surface area contributed by atoms with Gasteiger partial charge in [0.2, 0.25) is 21.8 Å². The molecule has 1 heterocycles. The normalized spacial score (nSPS) is 23.0. The first-order chi connectivity index (χ1) is 21.9. The van der Waals surface area contributed by atoms with Crippen LogP contribution in [-0.2, 0) is 29.1 Å². The fourth-order valence-electron chi connectivity index (χ4n) is 5.36. The zero-order chi connectivity index (χ0) is 35.3. The van der Waals surface area contributed by atoms with E-state index in [1.54, 1.807) is 20.8 Å². The predicted molar refractivity (Wildman–Crippen MR) is 167 cm³/mol. The van der Waals surface area contributed by atoms with Crippen molar-refractivity contribution in [2.75, 3.05) is 19.6 Å². The van der Waals surface area contributed by atoms with Gasteiger partial charge >= 0.3 is 12.1 Å². The molecule has 16 nitrogen and oxygen atoms in total. The van der Waals surface area contributed by atoms with Gasteiger partial charge in [-0.2, -0.15) is 4.31 Å². The number of carbonyl (C=O) groups excluding carboxylic acids is 3. The highest BCUT2D eigenvalue weighted by Gasteiger charge is 2.61. The number of likely N-dealkylation sites (tertiary alicyclic amines) is 1. The third kappa shape index (κ3) is 8.72. The highest BCUT2D eigenvalue weighted by molar-refractivity contribution is 7.89. The summed E-state index contributed by atoms with van der Waals surface area (Å²) in [4.78, 5) is 63.3. The Morgan fingerprint density at radius 2 is 1.89 bits per heavy atom. The number of aliphatic carboxylic acids is 1. The van der Waals surface area contributed by atoms with Gasteiger partial charge < -0.3 is 30.5 Å². The van der Waals surface area contributed by atoms with Gasteiger partial charge in [-0.15, -0.1) is 13.2 Å². The minimum atomic E-state index is -4.50. The molecule has 5 atom stereocenters. The van der Waals surface area contributed by atoms with Crippen molar-refractivity contribution in [2.45, 2.75) is 80.7 Å². The quantitative estimate of drug-likeness (QED) is 0.118. The molecule has 0 radical (unpaired) electrons. The monoisotopic (exact) mass is 679 g/mol. The van der Waals surface area contributed by atoms with Crippen molar-refractivity contribution in [1.29, 1.82) is 0 Å². The molecule has 1 saturated heterocycles. The fraction of sp³-hybridized carbons (Fsp3) is 0.533. The summed E-state index contributed by atoms with van der Waals surface area (Å²) in [6.45, 7) is 11.0. The second-order valence-corrected chi connectivity index (χ2v) is 14.3. The lowest BCUT2D eigenvalue weighted by Crippen LogP contribution is -2.57. The molecule has 1 aromatic rings. The van der Waals surface area contributed by atoms with Crippen molar-refractivity contribution in [3.05, 3.63) is 59.7 Å². The molecule has 1 aliphatic heterocycles. The van der Waals surface area contributed by atoms with Crippen molar-refractivity contribution in [1.82, 2.24) is 19.8 Å². The van der Waals surface area contributed by atoms with Crippen LogP contribution in [0.5, 0.6) is 0 Å². The maximum absolute atomic E-state index is 14.0. The predicted octanol–water partition coefficient (Wildman–Crippen LogP) is 1.55. The van der Waals surface area contributed by atoms with Crippen LogP contribution in [0.4, 0.5) is 10.5 Å². The second kappa shape index (κ2) is 14.6. The average molecular weight is 680 g/mol. The maximum Gasteiger partial charge on any atom is 0.408 e. The highest BCUT2D eigenvalue weighted by Crippen LogP contribution is 2.45. The molecule has 2 aliphatic rings. The third-order valence-corrected chi connectivity index (χ3v) is 9.76. The van der Waals surface area contributed by atoms with Crippen molar-refractivity contribution in [3.63, 3.8) is 0 Å². The Bertz CT molecular complexity index is 1530. The van der Waals surface area contributed by atoms with Crippen LogP contribution in [0.1, 0.15) is 46.5 Å². The summed E-state index contributed by atoms with van der Waals surface area (Å²) in [6.07, 6.45) is 0.323. The zero-order valence-corrected chi connectivity index (χ0v) is 27.3. The van der Waals surface area contributed by atoms with Crippen LogP contribution in [-0.4, -0.2) is 106 Å². The molecule has 3 amide bonds. The molecule has 1 aliphatic carbocycles. The lowest BCUT2D eigenvalue weighted by atomic mass is 10.1. The highest BCUT2D eigenvalue weighted by atomic mass is 32.2. The topological polar surface area (TPSA) is 226 Å². The molecule has 3 rings (SSSR count). The van der Waals surface area contributed by atoms with E-state index in [0.29, 0.717) is 0 Å². The van der Waals surface area contributed by atoms with Crippen molar-refractivity contribution >= 4 is 39.6 Å². The molecule has 0 bridgehead atoms. The van der Waals surface area contributed by atoms with E-state index in [1.807, 2.05) is 0 Å². The number of carbonyl (C=O) groups is 4. The van der Waals surface area contributed by atoms with E-state index in [0.717, 1.165) is 21.3 Å². The Hall–Kier alpha value is -4.35. The summed E-state index contributed by atoms with van der Waals surface area (Å²) in [5, 5.41) is 36.7. The Kier molecular flexibility index (Phi) is 11.5. The van der Waals surface area contributed by atoms with E-state index in [9.17, 15) is 47.9 Å². The first-order valence-electron chi connectivity index (χ1n) is 14.9. The summed E-state index contributed by atoms with van der Waals surface area (Å²) in [5.41, 5.74) is -3.23. The molecule has 1 aromatic carbocycles. The number of aliphatic hydroxyl groups is 1. The van der Waals surface area contributed by atoms with Crippen LogP contribution in [0, 0.1) is 16.0 Å². The summed E-state index contributed by atoms with van der Waals surface area (Å²) in [7, 11) is -4.50. The minimum Gasteiger partial charge on any atom is -0.479 e. The van der Waals surface area contributed by atoms with Gasteiger partial charge in [0.15, 0.2) is 4.90 Å². The number of nitro groups is 1. The van der Waals surface area contributed by atoms with Gasteiger partial charge in [-0.05, 0) is 46.1 Å². The van der Waals surface area contributed by atoms with Crippen LogP contribution >= 0.6 is 0 Å². The summed E-state index contributed by atoms with van der Waals surface area (Å²) in [5.74, 6) is -3.51. The van der Waals surface area contributed by atoms with Gasteiger partial charge in [0.05, 0.1) is 11.0 Å². The van der Waals surface area contributed by atoms with Crippen molar-refractivity contribution < 1.29 is 47.5 Å². The number of para-hydroxylation sites is 1. The molecular formula is C30H41N5O11S. The molecule has 4 N–H and O–H groups in total. The zero-order valence-electron chi connectivity index (χ0n) is 26.5. The van der Waals surface area contributed by atoms with Gasteiger partial charge in [-0.25, -0.2) is 18.0 Å². The van der Waals surface area contributed by atoms with Gasteiger partial charge in [0.25, 0.3) is 5.69 Å². The van der Waals surface area contributed by atoms with Crippen LogP contribution < -0.4 is 10.6 Å². The van der Waals surface area contributed by atoms with E-state index in [2.05, 4.69) is 23.8 Å². The summed E-state index contributed by atoms with van der Waals surface area (Å²) < 4.78 is 33.6. The number of benzene rings is 1. The first kappa shape index (κ1) is 37.1. The molecule has 17 heteroatoms. The number of nitrogens with one attached hydrogen (secondary N) is 2. The van der Waals surface area contributed by atoms with E-state index in [4.69, 9.17) is 4.74 Å². The van der Waals surface area contributed by atoms with Gasteiger partial charge in [-0.1, -0.05) is 24.3 Å². The fourth-order valence-corrected chi connectivity index (χ4v) is 6.98. The molecule has 0 spiro atoms. The number of alkyl carbamates (subject to hydrolysis) is 1. The second-order valence-electron chi connectivity index (χ2n) is 12.4. The van der Waals surface area contributed by atoms with Crippen LogP contribution in [0.3, 0.4) is 0 Å². The Labute approximate surface area is 272 Å². The number of carboxylic acid groups (broad SMARTS) is 1. The van der Waals surface area contributed by atoms with E-state index in [-0.39, 0.29) is 38.8 Å². The number of nitro benzene ring substituents is 1. The van der Waals surface area contributed by atoms with Crippen molar-refractivity contribution in [3.8, 4) is 0 Å². The number of amides is 3. The standard InChI is InChI=1S/C30H41N5O11S/c1-6-8-14-33(47(44,45)24-12-10-9-11-22(24)35(42)43)15-13-21(31-28(41)46-29(3,4)5)26(38)34-18-20(36)16-23(34)25(37)32-30(27(39)40)17-19(30)7-2/h6-7,9-12,19-21,23,36H,1-2,8,13-18H2,3-5H3,(H,31,41)(H,32,37)(H,39,40)/t19?,20-,21+,23+,30?/m1/s1. The number of hydrogen-bond donors (Lipinski definition) is 4. The van der Waals surface area contributed by atoms with Gasteiger partial charge in [-0.3, -0.25) is 19.7 Å². The summed E-state index contributed by atoms with van der Waals surface area (Å²) >= 11 is 0. The van der Waals surface area contributed by atoms with E-state index < -0.39 is 91.2 Å². The Balaban J connectivity index is 1.93. The maximum atomic E-state index is 14.0. The first-order valence-corrected chi connectivity index (χ1v) is 16.3. The molecule has 0 aromatic heterocycles. The third-order valence-electron chi connectivity index (χ3n) is 7.81. The molecule has 2 fully saturated rings. The van der Waals surface area contributed by atoms with E-state index in [1.165, 1.54) is 24.3 Å². The molecule has 1 saturated carbocycles. The number of sulfonamides is 1. The average Bonchev–Trinajstić information content (AvgIpc) is 3.57. The number of aliphatic hydroxyl groups excluding tert-OH is 1. The molecule has 2 unspecified atom stereocenters. The minimum absolute atomic E-state index is 0.0954. The lowest BCUT2D eigenvalue weighted by Gasteiger charge is -2.31. The number of ether oxygens (including phenoxy) is 1. The summed E-state index contributed by atoms with van der Waals surface area (Å²) in [6, 6.07) is 1.99. The van der Waals surface area contributed by atoms with Crippen molar-refractivity contribution in [2.24, 2.45) is 5.92 Å². The lowest BCUT2D eigenvalue weighted by molar-refractivity contribution is -0.387. The molecule has 258 valence electrons. The number of rotatable bonds is 15. The molecule has 47 heavy (non-hydrogen) atoms. The SMILES string of the molecule is C=CCCN(CC[C@H](NC(=O)OC(C)(C)C)C(=O)N1C[C@H](O)C[C@H]1C(=O)NC1(C(=O)O)CC1C=C)S(=O)(=O)c1ccccc1[N+](=O)[O-]. The molecular weight excluding hydrogens is 638 g/mol. The Morgan fingerprint density at radius 3 is 2.45 bits per heavy atom. The number of β-amino-alcohol motifs (C(OH)–C–C–N with tert-alkyl or cyclic N) is 1. The Morgan fingerprint density at radius 1 is 1.23 bits per heavy atom. The number of nitrogens with zero attached hydrogens (tertiary/aromatic N) is 3. The van der Waals surface area contributed by atoms with Gasteiger partial charge in [0, 0.05) is 38.0 Å². The van der Waals surface area contributed by atoms with Gasteiger partial charge in [0.1, 0.15) is 23.2 Å². The van der Waals surface area contributed by atoms with Crippen LogP contribution in [0.2, 0.25) is 0 Å². The number of carboxylic acids is 1. The number of hydrogen-bond acceptors (Lipinski definition) is 10. The van der Waals surface area contributed by atoms with Crippen LogP contribution in [0.25, 0.3) is 0 Å². The van der Waals surface area contributed by atoms with Crippen LogP contribution in [0.15, 0.2) is 54.5 Å².